The maximum absolute atomic E-state index is 13.8. The highest BCUT2D eigenvalue weighted by Crippen LogP contribution is 2.22. The fourth-order valence-electron chi connectivity index (χ4n) is 2.98. The molecule has 2 aliphatic heterocycles. The molecule has 3 rings (SSSR count). The molecule has 2 heterocycles. The minimum absolute atomic E-state index is 0.00904. The van der Waals surface area contributed by atoms with E-state index in [-0.39, 0.29) is 43.6 Å². The highest BCUT2D eigenvalue weighted by molar-refractivity contribution is 5.88. The van der Waals surface area contributed by atoms with Crippen LogP contribution in [0.15, 0.2) is 18.2 Å². The van der Waals surface area contributed by atoms with Crippen molar-refractivity contribution in [3.8, 4) is 0 Å². The van der Waals surface area contributed by atoms with Crippen molar-refractivity contribution in [1.82, 2.24) is 19.8 Å². The zero-order chi connectivity index (χ0) is 17.4. The molecule has 2 saturated heterocycles. The zero-order valence-electron chi connectivity index (χ0n) is 13.0. The van der Waals surface area contributed by atoms with Crippen molar-refractivity contribution in [2.24, 2.45) is 0 Å². The minimum Gasteiger partial charge on any atom is -0.333 e. The lowest BCUT2D eigenvalue weighted by molar-refractivity contribution is -0.189. The lowest BCUT2D eigenvalue weighted by Crippen LogP contribution is -2.70. The van der Waals surface area contributed by atoms with E-state index in [4.69, 9.17) is 0 Å². The smallest absolute Gasteiger partial charge is 0.242 e. The molecule has 1 unspecified atom stereocenters. The molecule has 0 bridgehead atoms. The van der Waals surface area contributed by atoms with Crippen LogP contribution in [0.25, 0.3) is 0 Å². The summed E-state index contributed by atoms with van der Waals surface area (Å²) in [7, 11) is 1.60. The van der Waals surface area contributed by atoms with Crippen LogP contribution in [0.5, 0.6) is 0 Å². The summed E-state index contributed by atoms with van der Waals surface area (Å²) in [5, 5.41) is 2.81. The standard InChI is InChI=1S/C15H16F2N4O3/c1-18-7-15(24)20-8-14(23)19(6-13(20)21(18)9-22)5-10-2-3-11(16)4-12(10)17/h2-4,9,13H,5-8H2,1H3. The number of carbonyl (C=O) groups is 3. The molecule has 1 aromatic carbocycles. The van der Waals surface area contributed by atoms with Gasteiger partial charge in [0.1, 0.15) is 24.3 Å². The molecule has 24 heavy (non-hydrogen) atoms. The number of likely N-dealkylation sites (N-methyl/N-ethyl adjacent to an activating group) is 1. The van der Waals surface area contributed by atoms with Gasteiger partial charge in [0.2, 0.25) is 18.2 Å². The van der Waals surface area contributed by atoms with E-state index < -0.39 is 17.8 Å². The summed E-state index contributed by atoms with van der Waals surface area (Å²) < 4.78 is 26.8. The lowest BCUT2D eigenvalue weighted by atomic mass is 10.1. The maximum Gasteiger partial charge on any atom is 0.242 e. The number of benzene rings is 1. The third-order valence-electron chi connectivity index (χ3n) is 4.27. The number of fused-ring (bicyclic) bond motifs is 1. The molecular formula is C15H16F2N4O3. The quantitative estimate of drug-likeness (QED) is 0.715. The van der Waals surface area contributed by atoms with Crippen LogP contribution in [0.2, 0.25) is 0 Å². The lowest BCUT2D eigenvalue weighted by Gasteiger charge is -2.50. The van der Waals surface area contributed by atoms with Crippen molar-refractivity contribution < 1.29 is 23.2 Å². The van der Waals surface area contributed by atoms with Crippen LogP contribution in [0.4, 0.5) is 8.78 Å². The Balaban J connectivity index is 1.82. The Labute approximate surface area is 137 Å². The van der Waals surface area contributed by atoms with Crippen LogP contribution in [0.3, 0.4) is 0 Å². The Morgan fingerprint density at radius 3 is 2.62 bits per heavy atom. The van der Waals surface area contributed by atoms with Gasteiger partial charge in [0.05, 0.1) is 13.1 Å². The van der Waals surface area contributed by atoms with Crippen molar-refractivity contribution in [2.45, 2.75) is 12.7 Å². The predicted molar refractivity (Wildman–Crippen MR) is 77.8 cm³/mol. The Hall–Kier alpha value is -2.55. The molecule has 0 aliphatic carbocycles. The average molecular weight is 338 g/mol. The molecule has 2 fully saturated rings. The number of hydrogen-bond donors (Lipinski definition) is 0. The van der Waals surface area contributed by atoms with Crippen LogP contribution in [0.1, 0.15) is 5.56 Å². The van der Waals surface area contributed by atoms with Crippen molar-refractivity contribution in [2.75, 3.05) is 26.7 Å². The number of hydrogen-bond acceptors (Lipinski definition) is 4. The molecule has 128 valence electrons. The van der Waals surface area contributed by atoms with Gasteiger partial charge in [-0.05, 0) is 6.07 Å². The molecule has 1 atom stereocenters. The second kappa shape index (κ2) is 6.16. The molecule has 2 aliphatic rings. The topological polar surface area (TPSA) is 64.2 Å². The van der Waals surface area contributed by atoms with Crippen molar-refractivity contribution in [3.05, 3.63) is 35.4 Å². The molecule has 0 saturated carbocycles. The van der Waals surface area contributed by atoms with Crippen LogP contribution < -0.4 is 0 Å². The fourth-order valence-corrected chi connectivity index (χ4v) is 2.98. The second-order valence-electron chi connectivity index (χ2n) is 5.81. The van der Waals surface area contributed by atoms with Crippen LogP contribution >= 0.6 is 0 Å². The SMILES string of the molecule is CN1CC(=O)N2CC(=O)N(Cc3ccc(F)cc3F)CC2N1C=O. The van der Waals surface area contributed by atoms with Gasteiger partial charge >= 0.3 is 0 Å². The highest BCUT2D eigenvalue weighted by atomic mass is 19.1. The first-order valence-electron chi connectivity index (χ1n) is 7.36. The van der Waals surface area contributed by atoms with E-state index in [1.165, 1.54) is 25.9 Å². The number of piperazine rings is 1. The van der Waals surface area contributed by atoms with E-state index in [9.17, 15) is 23.2 Å². The predicted octanol–water partition coefficient (Wildman–Crippen LogP) is -0.219. The summed E-state index contributed by atoms with van der Waals surface area (Å²) in [4.78, 5) is 38.4. The maximum atomic E-state index is 13.8. The molecule has 3 amide bonds. The Kier molecular flexibility index (Phi) is 4.18. The van der Waals surface area contributed by atoms with Crippen LogP contribution in [0, 0.1) is 11.6 Å². The Morgan fingerprint density at radius 1 is 1.21 bits per heavy atom. The van der Waals surface area contributed by atoms with Gasteiger partial charge in [-0.25, -0.2) is 13.8 Å². The van der Waals surface area contributed by atoms with Gasteiger partial charge in [-0.3, -0.25) is 19.4 Å². The zero-order valence-corrected chi connectivity index (χ0v) is 13.0. The first-order chi connectivity index (χ1) is 11.4. The summed E-state index contributed by atoms with van der Waals surface area (Å²) >= 11 is 0. The molecule has 0 aromatic heterocycles. The van der Waals surface area contributed by atoms with Crippen molar-refractivity contribution in [3.63, 3.8) is 0 Å². The monoisotopic (exact) mass is 338 g/mol. The van der Waals surface area contributed by atoms with Gasteiger partial charge in [0.15, 0.2) is 0 Å². The number of hydrazine groups is 1. The third kappa shape index (κ3) is 2.82. The largest absolute Gasteiger partial charge is 0.333 e. The number of amides is 3. The summed E-state index contributed by atoms with van der Waals surface area (Å²) in [5.41, 5.74) is 0.173. The average Bonchev–Trinajstić information content (AvgIpc) is 2.52. The number of nitrogens with zero attached hydrogens (tertiary/aromatic N) is 4. The van der Waals surface area contributed by atoms with E-state index in [0.717, 1.165) is 12.1 Å². The summed E-state index contributed by atoms with van der Waals surface area (Å²) in [6, 6.07) is 3.15. The first kappa shape index (κ1) is 16.3. The minimum atomic E-state index is -0.741. The van der Waals surface area contributed by atoms with E-state index in [1.807, 2.05) is 0 Å². The third-order valence-corrected chi connectivity index (χ3v) is 4.27. The molecule has 0 N–H and O–H groups in total. The van der Waals surface area contributed by atoms with E-state index >= 15 is 0 Å². The first-order valence-corrected chi connectivity index (χ1v) is 7.36. The second-order valence-corrected chi connectivity index (χ2v) is 5.81. The molecule has 7 nitrogen and oxygen atoms in total. The Bertz CT molecular complexity index is 699. The van der Waals surface area contributed by atoms with Gasteiger partial charge < -0.3 is 9.80 Å². The van der Waals surface area contributed by atoms with Crippen molar-refractivity contribution >= 4 is 18.2 Å². The molecule has 1 aromatic rings. The van der Waals surface area contributed by atoms with Crippen molar-refractivity contribution in [1.29, 1.82) is 0 Å². The van der Waals surface area contributed by atoms with E-state index in [1.54, 1.807) is 7.05 Å². The van der Waals surface area contributed by atoms with Crippen LogP contribution in [-0.2, 0) is 20.9 Å². The molecule has 0 spiro atoms. The number of halogens is 2. The Morgan fingerprint density at radius 2 is 1.96 bits per heavy atom. The van der Waals surface area contributed by atoms with E-state index in [2.05, 4.69) is 0 Å². The summed E-state index contributed by atoms with van der Waals surface area (Å²) in [6.45, 7) is -0.163. The fraction of sp³-hybridized carbons (Fsp3) is 0.400. The van der Waals surface area contributed by atoms with Gasteiger partial charge in [0.25, 0.3) is 0 Å². The van der Waals surface area contributed by atoms with Gasteiger partial charge in [-0.15, -0.1) is 0 Å². The summed E-state index contributed by atoms with van der Waals surface area (Å²) in [6.07, 6.45) is -0.0359. The number of carbonyl (C=O) groups excluding carboxylic acids is 3. The van der Waals surface area contributed by atoms with E-state index in [0.29, 0.717) is 6.41 Å². The van der Waals surface area contributed by atoms with Gasteiger partial charge in [0, 0.05) is 25.2 Å². The van der Waals surface area contributed by atoms with Gasteiger partial charge in [-0.2, -0.15) is 0 Å². The number of rotatable bonds is 3. The highest BCUT2D eigenvalue weighted by Gasteiger charge is 2.43. The summed E-state index contributed by atoms with van der Waals surface area (Å²) in [5.74, 6) is -2.03. The molecule has 9 heteroatoms. The van der Waals surface area contributed by atoms with Gasteiger partial charge in [-0.1, -0.05) is 6.07 Å². The normalized spacial score (nSPS) is 22.0. The van der Waals surface area contributed by atoms with Crippen LogP contribution in [-0.4, -0.2) is 70.9 Å². The molecular weight excluding hydrogens is 322 g/mol. The molecule has 0 radical (unpaired) electrons.